The quantitative estimate of drug-likeness (QED) is 0.516. The molecule has 1 heterocycles. The molecule has 0 aliphatic carbocycles. The van der Waals surface area contributed by atoms with E-state index in [0.717, 1.165) is 12.5 Å². The Morgan fingerprint density at radius 3 is 2.82 bits per heavy atom. The fraction of sp³-hybridized carbons (Fsp3) is 0.800. The number of hydrogen-bond acceptors (Lipinski definition) is 1. The molecule has 1 aliphatic rings. The fourth-order valence-electron chi connectivity index (χ4n) is 1.81. The van der Waals surface area contributed by atoms with Crippen molar-refractivity contribution in [3.8, 4) is 12.3 Å². The summed E-state index contributed by atoms with van der Waals surface area (Å²) in [4.78, 5) is 2.39. The largest absolute Gasteiger partial charge is 0.290 e. The van der Waals surface area contributed by atoms with Crippen molar-refractivity contribution in [3.05, 3.63) is 0 Å². The molecule has 1 fully saturated rings. The van der Waals surface area contributed by atoms with Gasteiger partial charge in [-0.3, -0.25) is 4.90 Å². The molecule has 0 aromatic carbocycles. The Bertz CT molecular complexity index is 157. The van der Waals surface area contributed by atoms with Crippen molar-refractivity contribution in [2.45, 2.75) is 32.7 Å². The molecule has 62 valence electrons. The van der Waals surface area contributed by atoms with Gasteiger partial charge in [-0.15, -0.1) is 6.42 Å². The Balaban J connectivity index is 2.39. The molecule has 0 amide bonds. The van der Waals surface area contributed by atoms with Crippen LogP contribution < -0.4 is 0 Å². The van der Waals surface area contributed by atoms with Gasteiger partial charge in [0.15, 0.2) is 0 Å². The van der Waals surface area contributed by atoms with Crippen molar-refractivity contribution < 1.29 is 0 Å². The maximum Gasteiger partial charge on any atom is 0.0601 e. The van der Waals surface area contributed by atoms with E-state index >= 15 is 0 Å². The van der Waals surface area contributed by atoms with Gasteiger partial charge in [-0.1, -0.05) is 12.8 Å². The number of likely N-dealkylation sites (tertiary alicyclic amines) is 1. The monoisotopic (exact) mass is 151 g/mol. The van der Waals surface area contributed by atoms with Crippen molar-refractivity contribution in [2.75, 3.05) is 13.1 Å². The predicted octanol–water partition coefficient (Wildman–Crippen LogP) is 1.74. The summed E-state index contributed by atoms with van der Waals surface area (Å²) in [6.07, 6.45) is 7.88. The van der Waals surface area contributed by atoms with Gasteiger partial charge in [-0.2, -0.15) is 0 Å². The summed E-state index contributed by atoms with van der Waals surface area (Å²) in [6, 6.07) is 0.690. The summed E-state index contributed by atoms with van der Waals surface area (Å²) in [5.41, 5.74) is 0. The third-order valence-electron chi connectivity index (χ3n) is 2.57. The Hall–Kier alpha value is -0.480. The van der Waals surface area contributed by atoms with E-state index in [2.05, 4.69) is 24.7 Å². The van der Waals surface area contributed by atoms with Gasteiger partial charge < -0.3 is 0 Å². The predicted molar refractivity (Wildman–Crippen MR) is 48.3 cm³/mol. The minimum Gasteiger partial charge on any atom is -0.290 e. The third-order valence-corrected chi connectivity index (χ3v) is 2.57. The molecule has 1 rings (SSSR count). The average Bonchev–Trinajstić information content (AvgIpc) is 1.95. The summed E-state index contributed by atoms with van der Waals surface area (Å²) in [5, 5.41) is 0. The average molecular weight is 151 g/mol. The topological polar surface area (TPSA) is 3.24 Å². The van der Waals surface area contributed by atoms with Crippen LogP contribution in [0.1, 0.15) is 26.7 Å². The van der Waals surface area contributed by atoms with Crippen molar-refractivity contribution in [3.63, 3.8) is 0 Å². The molecule has 1 saturated heterocycles. The molecule has 11 heavy (non-hydrogen) atoms. The van der Waals surface area contributed by atoms with Gasteiger partial charge in [0.1, 0.15) is 0 Å². The van der Waals surface area contributed by atoms with Gasteiger partial charge in [0, 0.05) is 6.04 Å². The molecule has 0 unspecified atom stereocenters. The second-order valence-corrected chi connectivity index (χ2v) is 3.65. The highest BCUT2D eigenvalue weighted by Crippen LogP contribution is 2.21. The SMILES string of the molecule is C#CCN1CC[C@H](C)C[C@@H]1C. The van der Waals surface area contributed by atoms with Crippen molar-refractivity contribution >= 4 is 0 Å². The molecule has 0 N–H and O–H groups in total. The number of rotatable bonds is 1. The van der Waals surface area contributed by atoms with E-state index in [9.17, 15) is 0 Å². The number of terminal acetylenes is 1. The first-order valence-corrected chi connectivity index (χ1v) is 4.41. The molecule has 0 spiro atoms. The highest BCUT2D eigenvalue weighted by Gasteiger charge is 2.21. The summed E-state index contributed by atoms with van der Waals surface area (Å²) in [7, 11) is 0. The lowest BCUT2D eigenvalue weighted by molar-refractivity contribution is 0.147. The lowest BCUT2D eigenvalue weighted by Gasteiger charge is -2.35. The fourth-order valence-corrected chi connectivity index (χ4v) is 1.81. The van der Waals surface area contributed by atoms with Crippen LogP contribution in [0.4, 0.5) is 0 Å². The second-order valence-electron chi connectivity index (χ2n) is 3.65. The van der Waals surface area contributed by atoms with Crippen LogP contribution in [-0.4, -0.2) is 24.0 Å². The van der Waals surface area contributed by atoms with E-state index < -0.39 is 0 Å². The molecule has 0 saturated carbocycles. The Morgan fingerprint density at radius 2 is 2.27 bits per heavy atom. The van der Waals surface area contributed by atoms with Crippen LogP contribution in [0.15, 0.2) is 0 Å². The molecule has 1 heteroatoms. The zero-order valence-electron chi connectivity index (χ0n) is 7.51. The van der Waals surface area contributed by atoms with Crippen LogP contribution in [0.2, 0.25) is 0 Å². The maximum absolute atomic E-state index is 5.26. The van der Waals surface area contributed by atoms with E-state index in [1.54, 1.807) is 0 Å². The van der Waals surface area contributed by atoms with Gasteiger partial charge in [-0.25, -0.2) is 0 Å². The standard InChI is InChI=1S/C10H17N/c1-4-6-11-7-5-9(2)8-10(11)3/h1,9-10H,5-8H2,2-3H3/t9-,10-/m0/s1. The van der Waals surface area contributed by atoms with Crippen LogP contribution in [-0.2, 0) is 0 Å². The second kappa shape index (κ2) is 3.78. The lowest BCUT2D eigenvalue weighted by atomic mass is 9.93. The first kappa shape index (κ1) is 8.62. The molecule has 0 radical (unpaired) electrons. The summed E-state index contributed by atoms with van der Waals surface area (Å²) >= 11 is 0. The van der Waals surface area contributed by atoms with E-state index in [-0.39, 0.29) is 0 Å². The molecule has 0 bridgehead atoms. The Labute approximate surface area is 69.8 Å². The Kier molecular flexibility index (Phi) is 2.96. The first-order chi connectivity index (χ1) is 5.24. The van der Waals surface area contributed by atoms with Gasteiger partial charge in [0.2, 0.25) is 0 Å². The van der Waals surface area contributed by atoms with E-state index in [0.29, 0.717) is 6.04 Å². The van der Waals surface area contributed by atoms with E-state index in [1.807, 2.05) is 0 Å². The van der Waals surface area contributed by atoms with E-state index in [4.69, 9.17) is 6.42 Å². The van der Waals surface area contributed by atoms with Crippen molar-refractivity contribution in [2.24, 2.45) is 5.92 Å². The minimum absolute atomic E-state index is 0.690. The van der Waals surface area contributed by atoms with Crippen LogP contribution in [0, 0.1) is 18.3 Å². The summed E-state index contributed by atoms with van der Waals surface area (Å²) in [5.74, 6) is 3.60. The van der Waals surface area contributed by atoms with Gasteiger partial charge in [0.05, 0.1) is 6.54 Å². The van der Waals surface area contributed by atoms with Crippen LogP contribution >= 0.6 is 0 Å². The third kappa shape index (κ3) is 2.24. The smallest absolute Gasteiger partial charge is 0.0601 e. The van der Waals surface area contributed by atoms with Gasteiger partial charge >= 0.3 is 0 Å². The molecule has 1 nitrogen and oxygen atoms in total. The number of hydrogen-bond donors (Lipinski definition) is 0. The highest BCUT2D eigenvalue weighted by molar-refractivity contribution is 4.91. The minimum atomic E-state index is 0.690. The molecular formula is C10H17N. The first-order valence-electron chi connectivity index (χ1n) is 4.41. The van der Waals surface area contributed by atoms with Crippen molar-refractivity contribution in [1.82, 2.24) is 4.90 Å². The summed E-state index contributed by atoms with van der Waals surface area (Å²) in [6.45, 7) is 6.61. The number of nitrogens with zero attached hydrogens (tertiary/aromatic N) is 1. The molecule has 0 aromatic heterocycles. The zero-order chi connectivity index (χ0) is 8.27. The van der Waals surface area contributed by atoms with Crippen molar-refractivity contribution in [1.29, 1.82) is 0 Å². The molecular weight excluding hydrogens is 134 g/mol. The molecule has 0 aromatic rings. The van der Waals surface area contributed by atoms with Crippen LogP contribution in [0.25, 0.3) is 0 Å². The lowest BCUT2D eigenvalue weighted by Crippen LogP contribution is -2.40. The van der Waals surface area contributed by atoms with E-state index in [1.165, 1.54) is 19.4 Å². The zero-order valence-corrected chi connectivity index (χ0v) is 7.51. The summed E-state index contributed by atoms with van der Waals surface area (Å²) < 4.78 is 0. The molecule has 1 aliphatic heterocycles. The normalized spacial score (nSPS) is 33.2. The maximum atomic E-state index is 5.26. The molecule has 2 atom stereocenters. The highest BCUT2D eigenvalue weighted by atomic mass is 15.1. The van der Waals surface area contributed by atoms with Crippen LogP contribution in [0.3, 0.4) is 0 Å². The van der Waals surface area contributed by atoms with Crippen LogP contribution in [0.5, 0.6) is 0 Å². The van der Waals surface area contributed by atoms with Gasteiger partial charge in [0.25, 0.3) is 0 Å². The number of piperidine rings is 1. The van der Waals surface area contributed by atoms with Gasteiger partial charge in [-0.05, 0) is 32.2 Å². The Morgan fingerprint density at radius 1 is 1.55 bits per heavy atom.